The van der Waals surface area contributed by atoms with Crippen molar-refractivity contribution in [2.45, 2.75) is 6.92 Å². The Bertz CT molecular complexity index is 751. The Morgan fingerprint density at radius 1 is 1.11 bits per heavy atom. The number of hydrogen-bond donors (Lipinski definition) is 0. The Morgan fingerprint density at radius 2 is 1.84 bits per heavy atom. The van der Waals surface area contributed by atoms with E-state index in [0.717, 1.165) is 22.8 Å². The molecule has 0 radical (unpaired) electrons. The number of pyridine rings is 1. The van der Waals surface area contributed by atoms with Crippen LogP contribution in [0.15, 0.2) is 42.7 Å². The number of aromatic nitrogens is 3. The summed E-state index contributed by atoms with van der Waals surface area (Å²) in [6, 6.07) is 9.91. The summed E-state index contributed by atoms with van der Waals surface area (Å²) in [5.74, 6) is 0.527. The molecule has 0 N–H and O–H groups in total. The lowest BCUT2D eigenvalue weighted by Crippen LogP contribution is -1.95. The van der Waals surface area contributed by atoms with E-state index in [-0.39, 0.29) is 0 Å². The molecule has 2 aromatic heterocycles. The molecule has 0 amide bonds. The van der Waals surface area contributed by atoms with Gasteiger partial charge in [0.1, 0.15) is 5.69 Å². The maximum Gasteiger partial charge on any atom is 0.178 e. The van der Waals surface area contributed by atoms with Gasteiger partial charge in [-0.2, -0.15) is 0 Å². The first kappa shape index (κ1) is 11.5. The lowest BCUT2D eigenvalue weighted by Gasteiger charge is -2.05. The molecule has 92 valence electrons. The van der Waals surface area contributed by atoms with Gasteiger partial charge in [0.05, 0.1) is 11.1 Å². The Hall–Kier alpha value is -2.62. The second kappa shape index (κ2) is 4.57. The Balaban J connectivity index is 2.16. The third kappa shape index (κ3) is 2.08. The van der Waals surface area contributed by atoms with Crippen LogP contribution < -0.4 is 0 Å². The highest BCUT2D eigenvalue weighted by molar-refractivity contribution is 5.84. The van der Waals surface area contributed by atoms with Gasteiger partial charge in [-0.1, -0.05) is 18.2 Å². The van der Waals surface area contributed by atoms with E-state index in [1.165, 1.54) is 12.4 Å². The molecular weight excluding hydrogens is 238 g/mol. The second-order valence-electron chi connectivity index (χ2n) is 4.30. The number of rotatable bonds is 2. The Kier molecular flexibility index (Phi) is 2.76. The molecule has 3 aromatic rings. The predicted molar refractivity (Wildman–Crippen MR) is 72.9 cm³/mol. The lowest BCUT2D eigenvalue weighted by molar-refractivity contribution is 0.112. The lowest BCUT2D eigenvalue weighted by atomic mass is 10.1. The highest BCUT2D eigenvalue weighted by Crippen LogP contribution is 2.21. The fraction of sp³-hybridized carbons (Fsp3) is 0.0667. The molecule has 4 heteroatoms. The molecule has 0 spiro atoms. The van der Waals surface area contributed by atoms with Crippen molar-refractivity contribution in [1.29, 1.82) is 0 Å². The monoisotopic (exact) mass is 249 g/mol. The molecule has 0 aliphatic rings. The van der Waals surface area contributed by atoms with Gasteiger partial charge in [0, 0.05) is 17.8 Å². The van der Waals surface area contributed by atoms with Gasteiger partial charge < -0.3 is 0 Å². The van der Waals surface area contributed by atoms with E-state index in [4.69, 9.17) is 0 Å². The van der Waals surface area contributed by atoms with Crippen LogP contribution in [0, 0.1) is 6.92 Å². The molecule has 2 heterocycles. The second-order valence-corrected chi connectivity index (χ2v) is 4.30. The normalized spacial score (nSPS) is 10.6. The van der Waals surface area contributed by atoms with Crippen molar-refractivity contribution < 1.29 is 4.79 Å². The fourth-order valence-corrected chi connectivity index (χ4v) is 2.00. The maximum atomic E-state index is 10.6. The predicted octanol–water partition coefficient (Wildman–Crippen LogP) is 2.81. The molecule has 0 saturated heterocycles. The standard InChI is InChI=1S/C15H11N3O/c1-10-6-14(15-16-7-11(9-19)8-17-15)18-13-5-3-2-4-12(10)13/h2-9H,1H3. The zero-order valence-corrected chi connectivity index (χ0v) is 10.4. The molecule has 0 bridgehead atoms. The minimum atomic E-state index is 0.460. The van der Waals surface area contributed by atoms with Crippen molar-refractivity contribution in [2.24, 2.45) is 0 Å². The molecule has 0 fully saturated rings. The smallest absolute Gasteiger partial charge is 0.178 e. The summed E-state index contributed by atoms with van der Waals surface area (Å²) >= 11 is 0. The Labute approximate surface area is 110 Å². The highest BCUT2D eigenvalue weighted by atomic mass is 16.1. The average Bonchev–Trinajstić information content (AvgIpc) is 2.47. The minimum Gasteiger partial charge on any atom is -0.298 e. The van der Waals surface area contributed by atoms with Crippen molar-refractivity contribution in [1.82, 2.24) is 15.0 Å². The van der Waals surface area contributed by atoms with Gasteiger partial charge in [-0.25, -0.2) is 15.0 Å². The van der Waals surface area contributed by atoms with E-state index in [0.29, 0.717) is 17.1 Å². The van der Waals surface area contributed by atoms with E-state index in [1.807, 2.05) is 37.3 Å². The number of hydrogen-bond acceptors (Lipinski definition) is 4. The van der Waals surface area contributed by atoms with Crippen LogP contribution in [0.2, 0.25) is 0 Å². The molecule has 4 nitrogen and oxygen atoms in total. The zero-order chi connectivity index (χ0) is 13.2. The van der Waals surface area contributed by atoms with Crippen LogP contribution in [0.25, 0.3) is 22.4 Å². The topological polar surface area (TPSA) is 55.7 Å². The molecule has 0 unspecified atom stereocenters. The van der Waals surface area contributed by atoms with Gasteiger partial charge in [0.2, 0.25) is 0 Å². The molecule has 0 aliphatic carbocycles. The van der Waals surface area contributed by atoms with Crippen LogP contribution in [-0.2, 0) is 0 Å². The van der Waals surface area contributed by atoms with Crippen molar-refractivity contribution in [3.8, 4) is 11.5 Å². The van der Waals surface area contributed by atoms with Gasteiger partial charge in [0.15, 0.2) is 12.1 Å². The SMILES string of the molecule is Cc1cc(-c2ncc(C=O)cn2)nc2ccccc12. The summed E-state index contributed by atoms with van der Waals surface area (Å²) in [5.41, 5.74) is 3.22. The number of aryl methyl sites for hydroxylation is 1. The van der Waals surface area contributed by atoms with Gasteiger partial charge in [-0.3, -0.25) is 4.79 Å². The minimum absolute atomic E-state index is 0.460. The van der Waals surface area contributed by atoms with Crippen LogP contribution in [-0.4, -0.2) is 21.2 Å². The maximum absolute atomic E-state index is 10.6. The molecule has 0 saturated carbocycles. The third-order valence-corrected chi connectivity index (χ3v) is 2.96. The van der Waals surface area contributed by atoms with Crippen LogP contribution in [0.1, 0.15) is 15.9 Å². The summed E-state index contributed by atoms with van der Waals surface area (Å²) in [6.07, 6.45) is 3.73. The van der Waals surface area contributed by atoms with Crippen LogP contribution in [0.5, 0.6) is 0 Å². The summed E-state index contributed by atoms with van der Waals surface area (Å²) in [4.78, 5) is 23.5. The largest absolute Gasteiger partial charge is 0.298 e. The average molecular weight is 249 g/mol. The molecule has 3 rings (SSSR count). The van der Waals surface area contributed by atoms with Crippen LogP contribution >= 0.6 is 0 Å². The van der Waals surface area contributed by atoms with Gasteiger partial charge in [0.25, 0.3) is 0 Å². The van der Waals surface area contributed by atoms with Crippen LogP contribution in [0.4, 0.5) is 0 Å². The summed E-state index contributed by atoms with van der Waals surface area (Å²) in [7, 11) is 0. The first-order valence-corrected chi connectivity index (χ1v) is 5.92. The number of para-hydroxylation sites is 1. The first-order chi connectivity index (χ1) is 9.28. The first-order valence-electron chi connectivity index (χ1n) is 5.92. The van der Waals surface area contributed by atoms with E-state index < -0.39 is 0 Å². The van der Waals surface area contributed by atoms with Crippen LogP contribution in [0.3, 0.4) is 0 Å². The molecule has 0 aliphatic heterocycles. The molecule has 1 aromatic carbocycles. The number of nitrogens with zero attached hydrogens (tertiary/aromatic N) is 3. The van der Waals surface area contributed by atoms with Crippen molar-refractivity contribution in [3.05, 3.63) is 53.9 Å². The van der Waals surface area contributed by atoms with Crippen molar-refractivity contribution >= 4 is 17.2 Å². The van der Waals surface area contributed by atoms with E-state index in [9.17, 15) is 4.79 Å². The molecule has 19 heavy (non-hydrogen) atoms. The number of carbonyl (C=O) groups is 1. The highest BCUT2D eigenvalue weighted by Gasteiger charge is 2.06. The van der Waals surface area contributed by atoms with Gasteiger partial charge in [-0.05, 0) is 24.6 Å². The zero-order valence-electron chi connectivity index (χ0n) is 10.4. The summed E-state index contributed by atoms with van der Waals surface area (Å²) in [6.45, 7) is 2.04. The van der Waals surface area contributed by atoms with Crippen molar-refractivity contribution in [3.63, 3.8) is 0 Å². The number of carbonyl (C=O) groups excluding carboxylic acids is 1. The number of fused-ring (bicyclic) bond motifs is 1. The van der Waals surface area contributed by atoms with Crippen molar-refractivity contribution in [2.75, 3.05) is 0 Å². The summed E-state index contributed by atoms with van der Waals surface area (Å²) < 4.78 is 0. The molecular formula is C15H11N3O. The van der Waals surface area contributed by atoms with E-state index >= 15 is 0 Å². The third-order valence-electron chi connectivity index (χ3n) is 2.96. The van der Waals surface area contributed by atoms with Gasteiger partial charge in [-0.15, -0.1) is 0 Å². The number of benzene rings is 1. The van der Waals surface area contributed by atoms with E-state index in [2.05, 4.69) is 15.0 Å². The van der Waals surface area contributed by atoms with E-state index in [1.54, 1.807) is 0 Å². The molecule has 0 atom stereocenters. The summed E-state index contributed by atoms with van der Waals surface area (Å²) in [5, 5.41) is 1.12. The number of aldehydes is 1. The fourth-order valence-electron chi connectivity index (χ4n) is 2.00. The van der Waals surface area contributed by atoms with Gasteiger partial charge >= 0.3 is 0 Å². The quantitative estimate of drug-likeness (QED) is 0.655. The Morgan fingerprint density at radius 3 is 2.58 bits per heavy atom.